The maximum absolute atomic E-state index is 12.2. The maximum Gasteiger partial charge on any atom is 0.251 e. The number of carbonyl (C=O) groups is 1. The number of benzene rings is 1. The van der Waals surface area contributed by atoms with Crippen LogP contribution in [0.4, 0.5) is 0 Å². The molecule has 1 amide bonds. The first-order valence-electron chi connectivity index (χ1n) is 6.90. The Morgan fingerprint density at radius 1 is 1.33 bits per heavy atom. The van der Waals surface area contributed by atoms with Gasteiger partial charge >= 0.3 is 0 Å². The van der Waals surface area contributed by atoms with E-state index in [1.807, 2.05) is 6.92 Å². The standard InChI is InChI=1S/C15H22N2O3.ClH/c1-10-13(19-2)7-11(8-14(10)20-3)15(18)17-9-12-5-4-6-16-12;/h7-8,12,16H,4-6,9H2,1-3H3,(H,17,18);1H. The number of amides is 1. The van der Waals surface area contributed by atoms with Crippen molar-refractivity contribution in [3.63, 3.8) is 0 Å². The molecule has 1 saturated heterocycles. The molecule has 1 aliphatic heterocycles. The number of carbonyl (C=O) groups excluding carboxylic acids is 1. The second kappa shape index (κ2) is 8.10. The number of nitrogens with one attached hydrogen (secondary N) is 2. The van der Waals surface area contributed by atoms with Gasteiger partial charge < -0.3 is 20.1 Å². The molecular weight excluding hydrogens is 292 g/mol. The summed E-state index contributed by atoms with van der Waals surface area (Å²) in [7, 11) is 3.18. The van der Waals surface area contributed by atoms with Crippen molar-refractivity contribution in [2.75, 3.05) is 27.3 Å². The molecule has 2 rings (SSSR count). The summed E-state index contributed by atoms with van der Waals surface area (Å²) in [4.78, 5) is 12.2. The topological polar surface area (TPSA) is 59.6 Å². The van der Waals surface area contributed by atoms with E-state index in [0.717, 1.165) is 18.5 Å². The molecule has 0 spiro atoms. The average Bonchev–Trinajstić information content (AvgIpc) is 2.98. The number of methoxy groups -OCH3 is 2. The van der Waals surface area contributed by atoms with Gasteiger partial charge in [0.05, 0.1) is 14.2 Å². The predicted molar refractivity (Wildman–Crippen MR) is 84.9 cm³/mol. The van der Waals surface area contributed by atoms with Crippen LogP contribution in [0.25, 0.3) is 0 Å². The Balaban J connectivity index is 0.00000220. The minimum Gasteiger partial charge on any atom is -0.496 e. The van der Waals surface area contributed by atoms with Crippen molar-refractivity contribution < 1.29 is 14.3 Å². The normalized spacial score (nSPS) is 17.0. The van der Waals surface area contributed by atoms with E-state index in [-0.39, 0.29) is 18.3 Å². The van der Waals surface area contributed by atoms with Crippen molar-refractivity contribution in [1.82, 2.24) is 10.6 Å². The minimum absolute atomic E-state index is 0. The molecule has 1 aromatic rings. The average molecular weight is 315 g/mol. The highest BCUT2D eigenvalue weighted by Gasteiger charge is 2.17. The molecule has 1 atom stereocenters. The van der Waals surface area contributed by atoms with E-state index in [2.05, 4.69) is 10.6 Å². The van der Waals surface area contributed by atoms with Crippen LogP contribution in [0, 0.1) is 6.92 Å². The van der Waals surface area contributed by atoms with Gasteiger partial charge in [-0.15, -0.1) is 12.4 Å². The van der Waals surface area contributed by atoms with E-state index >= 15 is 0 Å². The third-order valence-electron chi connectivity index (χ3n) is 3.69. The first kappa shape index (κ1) is 17.6. The Morgan fingerprint density at radius 3 is 2.43 bits per heavy atom. The molecule has 5 nitrogen and oxygen atoms in total. The Labute approximate surface area is 131 Å². The van der Waals surface area contributed by atoms with Gasteiger partial charge in [-0.05, 0) is 38.4 Å². The second-order valence-electron chi connectivity index (χ2n) is 5.01. The quantitative estimate of drug-likeness (QED) is 0.871. The summed E-state index contributed by atoms with van der Waals surface area (Å²) >= 11 is 0. The number of hydrogen-bond acceptors (Lipinski definition) is 4. The monoisotopic (exact) mass is 314 g/mol. The highest BCUT2D eigenvalue weighted by atomic mass is 35.5. The van der Waals surface area contributed by atoms with Gasteiger partial charge in [-0.1, -0.05) is 0 Å². The molecule has 21 heavy (non-hydrogen) atoms. The number of hydrogen-bond donors (Lipinski definition) is 2. The smallest absolute Gasteiger partial charge is 0.251 e. The molecule has 0 aliphatic carbocycles. The zero-order valence-electron chi connectivity index (χ0n) is 12.7. The molecule has 1 fully saturated rings. The predicted octanol–water partition coefficient (Wildman–Crippen LogP) is 1.92. The van der Waals surface area contributed by atoms with Gasteiger partial charge in [0.1, 0.15) is 11.5 Å². The zero-order valence-corrected chi connectivity index (χ0v) is 13.5. The maximum atomic E-state index is 12.2. The SMILES string of the molecule is COc1cc(C(=O)NCC2CCCN2)cc(OC)c1C.Cl. The van der Waals surface area contributed by atoms with Crippen LogP contribution in [-0.2, 0) is 0 Å². The zero-order chi connectivity index (χ0) is 14.5. The fraction of sp³-hybridized carbons (Fsp3) is 0.533. The van der Waals surface area contributed by atoms with Crippen LogP contribution < -0.4 is 20.1 Å². The van der Waals surface area contributed by atoms with Gasteiger partial charge in [-0.2, -0.15) is 0 Å². The number of ether oxygens (including phenoxy) is 2. The van der Waals surface area contributed by atoms with Crippen LogP contribution in [-0.4, -0.2) is 39.3 Å². The summed E-state index contributed by atoms with van der Waals surface area (Å²) in [5, 5.41) is 6.30. The largest absolute Gasteiger partial charge is 0.496 e. The van der Waals surface area contributed by atoms with Crippen LogP contribution in [0.15, 0.2) is 12.1 Å². The van der Waals surface area contributed by atoms with Gasteiger partial charge in [-0.25, -0.2) is 0 Å². The molecule has 1 aromatic carbocycles. The van der Waals surface area contributed by atoms with Crippen LogP contribution in [0.1, 0.15) is 28.8 Å². The molecule has 0 bridgehead atoms. The lowest BCUT2D eigenvalue weighted by atomic mass is 10.1. The highest BCUT2D eigenvalue weighted by molar-refractivity contribution is 5.95. The van der Waals surface area contributed by atoms with E-state index in [4.69, 9.17) is 9.47 Å². The van der Waals surface area contributed by atoms with Gasteiger partial charge in [0.2, 0.25) is 0 Å². The highest BCUT2D eigenvalue weighted by Crippen LogP contribution is 2.29. The van der Waals surface area contributed by atoms with Crippen molar-refractivity contribution in [1.29, 1.82) is 0 Å². The summed E-state index contributed by atoms with van der Waals surface area (Å²) in [5.74, 6) is 1.22. The van der Waals surface area contributed by atoms with Gasteiger partial charge in [0.25, 0.3) is 5.91 Å². The molecule has 2 N–H and O–H groups in total. The van der Waals surface area contributed by atoms with Crippen LogP contribution in [0.3, 0.4) is 0 Å². The Bertz CT molecular complexity index is 463. The Kier molecular flexibility index (Phi) is 6.78. The van der Waals surface area contributed by atoms with E-state index in [9.17, 15) is 4.79 Å². The third kappa shape index (κ3) is 4.25. The molecular formula is C15H23ClN2O3. The first-order chi connectivity index (χ1) is 9.65. The van der Waals surface area contributed by atoms with E-state index in [1.54, 1.807) is 26.4 Å². The van der Waals surface area contributed by atoms with Crippen molar-refractivity contribution in [3.05, 3.63) is 23.3 Å². The summed E-state index contributed by atoms with van der Waals surface area (Å²) < 4.78 is 10.6. The summed E-state index contributed by atoms with van der Waals surface area (Å²) in [6.07, 6.45) is 2.29. The van der Waals surface area contributed by atoms with Gasteiger partial charge in [-0.3, -0.25) is 4.79 Å². The van der Waals surface area contributed by atoms with Crippen LogP contribution in [0.5, 0.6) is 11.5 Å². The Morgan fingerprint density at radius 2 is 1.95 bits per heavy atom. The molecule has 1 heterocycles. The molecule has 0 radical (unpaired) electrons. The van der Waals surface area contributed by atoms with E-state index in [1.165, 1.54) is 6.42 Å². The summed E-state index contributed by atoms with van der Waals surface area (Å²) in [5.41, 5.74) is 1.45. The van der Waals surface area contributed by atoms with Crippen molar-refractivity contribution >= 4 is 18.3 Å². The first-order valence-corrected chi connectivity index (χ1v) is 6.90. The number of halogens is 1. The summed E-state index contributed by atoms with van der Waals surface area (Å²) in [6, 6.07) is 3.87. The lowest BCUT2D eigenvalue weighted by Crippen LogP contribution is -2.37. The fourth-order valence-corrected chi connectivity index (χ4v) is 2.47. The molecule has 0 aromatic heterocycles. The minimum atomic E-state index is -0.102. The van der Waals surface area contributed by atoms with Crippen molar-refractivity contribution in [2.45, 2.75) is 25.8 Å². The Hall–Kier alpha value is -1.46. The van der Waals surface area contributed by atoms with Gasteiger partial charge in [0.15, 0.2) is 0 Å². The fourth-order valence-electron chi connectivity index (χ4n) is 2.47. The second-order valence-corrected chi connectivity index (χ2v) is 5.01. The molecule has 1 aliphatic rings. The van der Waals surface area contributed by atoms with E-state index in [0.29, 0.717) is 29.6 Å². The van der Waals surface area contributed by atoms with Crippen molar-refractivity contribution in [3.8, 4) is 11.5 Å². The van der Waals surface area contributed by atoms with Gasteiger partial charge in [0, 0.05) is 23.7 Å². The summed E-state index contributed by atoms with van der Waals surface area (Å²) in [6.45, 7) is 3.59. The molecule has 118 valence electrons. The number of rotatable bonds is 5. The lowest BCUT2D eigenvalue weighted by Gasteiger charge is -2.14. The third-order valence-corrected chi connectivity index (χ3v) is 3.69. The van der Waals surface area contributed by atoms with Crippen LogP contribution in [0.2, 0.25) is 0 Å². The van der Waals surface area contributed by atoms with E-state index < -0.39 is 0 Å². The molecule has 1 unspecified atom stereocenters. The van der Waals surface area contributed by atoms with Crippen LogP contribution >= 0.6 is 12.4 Å². The lowest BCUT2D eigenvalue weighted by molar-refractivity contribution is 0.0949. The molecule has 6 heteroatoms. The van der Waals surface area contributed by atoms with Crippen molar-refractivity contribution in [2.24, 2.45) is 0 Å². The molecule has 0 saturated carbocycles.